The van der Waals surface area contributed by atoms with Crippen molar-refractivity contribution in [1.82, 2.24) is 14.7 Å². The molecule has 2 aliphatic rings. The maximum absolute atomic E-state index is 12.5. The lowest BCUT2D eigenvalue weighted by molar-refractivity contribution is -0.145. The molecule has 24 heavy (non-hydrogen) atoms. The number of carboxylic acids is 1. The summed E-state index contributed by atoms with van der Waals surface area (Å²) in [5.74, 6) is -1.61. The molecule has 130 valence electrons. The lowest BCUT2D eigenvalue weighted by Gasteiger charge is -2.30. The fourth-order valence-corrected chi connectivity index (χ4v) is 3.52. The van der Waals surface area contributed by atoms with Gasteiger partial charge in [0.05, 0.1) is 11.6 Å². The van der Waals surface area contributed by atoms with Crippen LogP contribution in [0.25, 0.3) is 0 Å². The number of aromatic nitrogens is 2. The summed E-state index contributed by atoms with van der Waals surface area (Å²) in [7, 11) is 0. The Morgan fingerprint density at radius 3 is 2.79 bits per heavy atom. The number of fused-ring (bicyclic) bond motifs is 1. The number of carbonyl (C=O) groups excluding carboxylic acids is 1. The van der Waals surface area contributed by atoms with E-state index in [4.69, 9.17) is 5.11 Å². The van der Waals surface area contributed by atoms with Crippen LogP contribution in [0, 0.1) is 5.92 Å². The maximum atomic E-state index is 12.5. The van der Waals surface area contributed by atoms with E-state index in [9.17, 15) is 14.4 Å². The molecule has 0 bridgehead atoms. The molecule has 1 aromatic rings. The van der Waals surface area contributed by atoms with Gasteiger partial charge in [-0.2, -0.15) is 5.10 Å². The van der Waals surface area contributed by atoms with Gasteiger partial charge in [0.25, 0.3) is 5.56 Å². The first kappa shape index (κ1) is 16.7. The lowest BCUT2D eigenvalue weighted by Crippen LogP contribution is -2.45. The summed E-state index contributed by atoms with van der Waals surface area (Å²) in [4.78, 5) is 37.4. The van der Waals surface area contributed by atoms with Gasteiger partial charge < -0.3 is 10.0 Å². The van der Waals surface area contributed by atoms with Crippen molar-refractivity contribution in [2.45, 2.75) is 51.5 Å². The van der Waals surface area contributed by atoms with Gasteiger partial charge in [-0.25, -0.2) is 4.68 Å². The van der Waals surface area contributed by atoms with E-state index in [0.29, 0.717) is 19.4 Å². The minimum absolute atomic E-state index is 0.113. The Hall–Kier alpha value is -2.18. The van der Waals surface area contributed by atoms with Gasteiger partial charge in [-0.15, -0.1) is 0 Å². The fraction of sp³-hybridized carbons (Fsp3) is 0.647. The zero-order chi connectivity index (χ0) is 17.1. The van der Waals surface area contributed by atoms with Gasteiger partial charge in [-0.1, -0.05) is 6.42 Å². The largest absolute Gasteiger partial charge is 0.481 e. The van der Waals surface area contributed by atoms with Gasteiger partial charge in [0.1, 0.15) is 6.54 Å². The van der Waals surface area contributed by atoms with Crippen molar-refractivity contribution in [3.05, 3.63) is 27.7 Å². The van der Waals surface area contributed by atoms with Gasteiger partial charge in [0.15, 0.2) is 0 Å². The predicted molar refractivity (Wildman–Crippen MR) is 86.7 cm³/mol. The number of aryl methyl sites for hydroxylation is 2. The third-order valence-corrected chi connectivity index (χ3v) is 4.93. The number of hydrogen-bond donors (Lipinski definition) is 1. The average molecular weight is 333 g/mol. The van der Waals surface area contributed by atoms with Crippen molar-refractivity contribution in [3.63, 3.8) is 0 Å². The highest BCUT2D eigenvalue weighted by atomic mass is 16.4. The molecule has 1 aromatic heterocycles. The van der Waals surface area contributed by atoms with Crippen LogP contribution < -0.4 is 5.56 Å². The summed E-state index contributed by atoms with van der Waals surface area (Å²) < 4.78 is 1.23. The van der Waals surface area contributed by atoms with Gasteiger partial charge in [0.2, 0.25) is 5.91 Å². The third kappa shape index (κ3) is 3.66. The van der Waals surface area contributed by atoms with E-state index in [-0.39, 0.29) is 24.6 Å². The molecule has 7 nitrogen and oxygen atoms in total. The molecule has 1 fully saturated rings. The molecule has 1 N–H and O–H groups in total. The van der Waals surface area contributed by atoms with Gasteiger partial charge >= 0.3 is 5.97 Å². The first-order valence-electron chi connectivity index (χ1n) is 8.65. The first-order valence-corrected chi connectivity index (χ1v) is 8.65. The molecular weight excluding hydrogens is 310 g/mol. The second-order valence-electron chi connectivity index (χ2n) is 6.69. The minimum atomic E-state index is -0.868. The molecule has 1 aliphatic carbocycles. The van der Waals surface area contributed by atoms with Crippen LogP contribution in [-0.4, -0.2) is 44.8 Å². The number of nitrogens with zero attached hydrogens (tertiary/aromatic N) is 3. The van der Waals surface area contributed by atoms with Crippen molar-refractivity contribution in [1.29, 1.82) is 0 Å². The highest BCUT2D eigenvalue weighted by Gasteiger charge is 2.28. The minimum Gasteiger partial charge on any atom is -0.481 e. The van der Waals surface area contributed by atoms with Crippen molar-refractivity contribution in [2.24, 2.45) is 5.92 Å². The van der Waals surface area contributed by atoms with Crippen LogP contribution in [0.2, 0.25) is 0 Å². The molecule has 0 saturated carbocycles. The zero-order valence-corrected chi connectivity index (χ0v) is 13.7. The Kier molecular flexibility index (Phi) is 4.97. The Morgan fingerprint density at radius 2 is 2.00 bits per heavy atom. The number of rotatable bonds is 3. The molecule has 2 heterocycles. The highest BCUT2D eigenvalue weighted by molar-refractivity contribution is 5.77. The summed E-state index contributed by atoms with van der Waals surface area (Å²) in [6, 6.07) is 1.61. The van der Waals surface area contributed by atoms with E-state index >= 15 is 0 Å². The Bertz CT molecular complexity index is 698. The first-order chi connectivity index (χ1) is 11.5. The van der Waals surface area contributed by atoms with Crippen LogP contribution >= 0.6 is 0 Å². The van der Waals surface area contributed by atoms with Crippen LogP contribution in [0.3, 0.4) is 0 Å². The van der Waals surface area contributed by atoms with E-state index < -0.39 is 11.9 Å². The lowest BCUT2D eigenvalue weighted by atomic mass is 9.98. The number of carbonyl (C=O) groups is 2. The normalized spacial score (nSPS) is 21.0. The Morgan fingerprint density at radius 1 is 1.21 bits per heavy atom. The number of hydrogen-bond acceptors (Lipinski definition) is 4. The van der Waals surface area contributed by atoms with Gasteiger partial charge in [-0.05, 0) is 44.1 Å². The summed E-state index contributed by atoms with van der Waals surface area (Å²) in [5.41, 5.74) is 1.67. The number of carboxylic acid groups (broad SMARTS) is 1. The SMILES string of the molecule is O=C(O)[C@H]1CCCN(C(=O)Cn2nc3c(cc2=O)CCCCC3)C1. The molecule has 0 aromatic carbocycles. The second-order valence-corrected chi connectivity index (χ2v) is 6.69. The van der Waals surface area contributed by atoms with Crippen molar-refractivity contribution in [2.75, 3.05) is 13.1 Å². The summed E-state index contributed by atoms with van der Waals surface area (Å²) >= 11 is 0. The summed E-state index contributed by atoms with van der Waals surface area (Å²) in [6.07, 6.45) is 6.24. The summed E-state index contributed by atoms with van der Waals surface area (Å²) in [5, 5.41) is 13.5. The number of aliphatic carboxylic acids is 1. The van der Waals surface area contributed by atoms with Crippen LogP contribution in [0.4, 0.5) is 0 Å². The molecule has 1 atom stereocenters. The maximum Gasteiger partial charge on any atom is 0.308 e. The highest BCUT2D eigenvalue weighted by Crippen LogP contribution is 2.18. The quantitative estimate of drug-likeness (QED) is 0.827. The molecular formula is C17H23N3O4. The molecule has 3 rings (SSSR count). The molecule has 0 radical (unpaired) electrons. The van der Waals surface area contributed by atoms with Crippen LogP contribution in [0.1, 0.15) is 43.4 Å². The second kappa shape index (κ2) is 7.15. The van der Waals surface area contributed by atoms with Crippen LogP contribution in [0.5, 0.6) is 0 Å². The Balaban J connectivity index is 1.73. The standard InChI is InChI=1S/C17H23N3O4/c21-15-9-12-5-2-1-3-7-14(12)18-20(15)11-16(22)19-8-4-6-13(10-19)17(23)24/h9,13H,1-8,10-11H2,(H,23,24)/t13-/m0/s1. The molecule has 0 spiro atoms. The molecule has 7 heteroatoms. The third-order valence-electron chi connectivity index (χ3n) is 4.93. The molecule has 0 unspecified atom stereocenters. The van der Waals surface area contributed by atoms with Crippen LogP contribution in [0.15, 0.2) is 10.9 Å². The fourth-order valence-electron chi connectivity index (χ4n) is 3.52. The van der Waals surface area contributed by atoms with Crippen molar-refractivity contribution in [3.8, 4) is 0 Å². The number of likely N-dealkylation sites (tertiary alicyclic amines) is 1. The molecule has 1 amide bonds. The average Bonchev–Trinajstić information content (AvgIpc) is 2.80. The van der Waals surface area contributed by atoms with E-state index in [1.54, 1.807) is 11.0 Å². The van der Waals surface area contributed by atoms with Gasteiger partial charge in [-0.3, -0.25) is 14.4 Å². The number of piperidine rings is 1. The Labute approximate surface area is 140 Å². The van der Waals surface area contributed by atoms with E-state index in [2.05, 4.69) is 5.10 Å². The van der Waals surface area contributed by atoms with Crippen molar-refractivity contribution >= 4 is 11.9 Å². The topological polar surface area (TPSA) is 92.5 Å². The predicted octanol–water partition coefficient (Wildman–Crippen LogP) is 0.835. The molecule has 1 aliphatic heterocycles. The molecule has 1 saturated heterocycles. The summed E-state index contributed by atoms with van der Waals surface area (Å²) in [6.45, 7) is 0.647. The van der Waals surface area contributed by atoms with E-state index in [0.717, 1.165) is 43.4 Å². The van der Waals surface area contributed by atoms with E-state index in [1.807, 2.05) is 0 Å². The monoisotopic (exact) mass is 333 g/mol. The van der Waals surface area contributed by atoms with Crippen molar-refractivity contribution < 1.29 is 14.7 Å². The zero-order valence-electron chi connectivity index (χ0n) is 13.7. The van der Waals surface area contributed by atoms with E-state index in [1.165, 1.54) is 4.68 Å². The number of amides is 1. The van der Waals surface area contributed by atoms with Gasteiger partial charge in [0, 0.05) is 19.2 Å². The smallest absolute Gasteiger partial charge is 0.308 e. The van der Waals surface area contributed by atoms with Crippen LogP contribution in [-0.2, 0) is 29.0 Å².